The van der Waals surface area contributed by atoms with Crippen LogP contribution in [0.5, 0.6) is 0 Å². The molecule has 0 fully saturated rings. The fraction of sp³-hybridized carbons (Fsp3) is 0.500. The summed E-state index contributed by atoms with van der Waals surface area (Å²) in [6, 6.07) is 1.54. The van der Waals surface area contributed by atoms with Gasteiger partial charge < -0.3 is 5.73 Å². The summed E-state index contributed by atoms with van der Waals surface area (Å²) in [5.74, 6) is 0. The van der Waals surface area contributed by atoms with Crippen molar-refractivity contribution in [1.82, 2.24) is 9.55 Å². The average Bonchev–Trinajstić information content (AvgIpc) is 2.14. The minimum absolute atomic E-state index is 0.00201. The number of rotatable bonds is 5. The minimum Gasteiger partial charge on any atom is -0.393 e. The predicted octanol–water partition coefficient (Wildman–Crippen LogP) is 1.01. The van der Waals surface area contributed by atoms with Crippen molar-refractivity contribution in [3.05, 3.63) is 28.4 Å². The molecule has 0 spiro atoms. The molecule has 0 radical (unpaired) electrons. The van der Waals surface area contributed by atoms with Gasteiger partial charge in [-0.15, -0.1) is 0 Å². The van der Waals surface area contributed by atoms with Crippen LogP contribution in [-0.2, 0) is 6.54 Å². The van der Waals surface area contributed by atoms with Gasteiger partial charge in [0.05, 0.1) is 11.3 Å². The van der Waals surface area contributed by atoms with E-state index in [1.165, 1.54) is 6.07 Å². The Morgan fingerprint density at radius 2 is 2.33 bits per heavy atom. The molecular formula is C10H15N3OS. The van der Waals surface area contributed by atoms with Crippen molar-refractivity contribution in [1.29, 1.82) is 0 Å². The molecule has 0 bridgehead atoms. The summed E-state index contributed by atoms with van der Waals surface area (Å²) in [7, 11) is 0. The Morgan fingerprint density at radius 3 is 2.93 bits per heavy atom. The van der Waals surface area contributed by atoms with Gasteiger partial charge in [0.15, 0.2) is 0 Å². The summed E-state index contributed by atoms with van der Waals surface area (Å²) >= 11 is 4.77. The molecule has 0 amide bonds. The second-order valence-electron chi connectivity index (χ2n) is 3.49. The van der Waals surface area contributed by atoms with E-state index in [0.717, 1.165) is 25.0 Å². The minimum atomic E-state index is -0.00201. The fourth-order valence-corrected chi connectivity index (χ4v) is 1.41. The van der Waals surface area contributed by atoms with Crippen LogP contribution in [0.3, 0.4) is 0 Å². The van der Waals surface area contributed by atoms with Crippen molar-refractivity contribution in [2.45, 2.75) is 32.7 Å². The third-order valence-corrected chi connectivity index (χ3v) is 2.29. The van der Waals surface area contributed by atoms with E-state index in [0.29, 0.717) is 11.5 Å². The topological polar surface area (TPSA) is 60.9 Å². The molecular weight excluding hydrogens is 210 g/mol. The number of nitrogens with two attached hydrogens (primary N) is 1. The van der Waals surface area contributed by atoms with Crippen molar-refractivity contribution in [2.24, 2.45) is 5.73 Å². The van der Waals surface area contributed by atoms with Gasteiger partial charge in [0.25, 0.3) is 5.56 Å². The molecule has 0 atom stereocenters. The molecule has 2 N–H and O–H groups in total. The lowest BCUT2D eigenvalue weighted by molar-refractivity contribution is 0.592. The van der Waals surface area contributed by atoms with Gasteiger partial charge in [-0.1, -0.05) is 12.2 Å². The van der Waals surface area contributed by atoms with Gasteiger partial charge in [-0.3, -0.25) is 9.36 Å². The molecule has 0 saturated heterocycles. The van der Waals surface area contributed by atoms with Crippen LogP contribution >= 0.6 is 12.2 Å². The molecule has 0 aliphatic heterocycles. The molecule has 0 aliphatic carbocycles. The van der Waals surface area contributed by atoms with E-state index in [1.807, 2.05) is 0 Å². The summed E-state index contributed by atoms with van der Waals surface area (Å²) in [6.07, 6.45) is 4.12. The first-order valence-electron chi connectivity index (χ1n) is 4.91. The number of unbranched alkanes of at least 4 members (excludes halogenated alkanes) is 1. The van der Waals surface area contributed by atoms with Crippen LogP contribution in [0, 0.1) is 6.92 Å². The smallest absolute Gasteiger partial charge is 0.253 e. The molecule has 4 nitrogen and oxygen atoms in total. The van der Waals surface area contributed by atoms with Crippen molar-refractivity contribution in [3.8, 4) is 0 Å². The lowest BCUT2D eigenvalue weighted by Gasteiger charge is -2.04. The summed E-state index contributed by atoms with van der Waals surface area (Å²) in [4.78, 5) is 16.0. The van der Waals surface area contributed by atoms with E-state index >= 15 is 0 Å². The highest BCUT2D eigenvalue weighted by Gasteiger charge is 1.97. The maximum Gasteiger partial charge on any atom is 0.253 e. The molecule has 0 aliphatic rings. The Morgan fingerprint density at radius 1 is 1.60 bits per heavy atom. The number of aromatic nitrogens is 2. The molecule has 0 aromatic carbocycles. The Kier molecular flexibility index (Phi) is 4.42. The van der Waals surface area contributed by atoms with Crippen LogP contribution < -0.4 is 11.3 Å². The lowest BCUT2D eigenvalue weighted by Crippen LogP contribution is -2.20. The Balaban J connectivity index is 2.44. The van der Waals surface area contributed by atoms with Gasteiger partial charge in [-0.05, 0) is 26.2 Å². The van der Waals surface area contributed by atoms with E-state index in [2.05, 4.69) is 4.98 Å². The van der Waals surface area contributed by atoms with E-state index in [1.54, 1.807) is 17.8 Å². The first kappa shape index (κ1) is 11.8. The molecule has 82 valence electrons. The zero-order valence-electron chi connectivity index (χ0n) is 8.77. The number of thiocarbonyl (C=S) groups is 1. The number of hydrogen-bond acceptors (Lipinski definition) is 3. The Bertz CT molecular complexity index is 400. The monoisotopic (exact) mass is 225 g/mol. The van der Waals surface area contributed by atoms with Crippen LogP contribution in [0.25, 0.3) is 0 Å². The molecule has 5 heteroatoms. The highest BCUT2D eigenvalue weighted by Crippen LogP contribution is 1.97. The molecule has 0 saturated carbocycles. The third-order valence-electron chi connectivity index (χ3n) is 2.09. The van der Waals surface area contributed by atoms with Crippen LogP contribution in [-0.4, -0.2) is 14.5 Å². The van der Waals surface area contributed by atoms with E-state index in [4.69, 9.17) is 18.0 Å². The van der Waals surface area contributed by atoms with Crippen molar-refractivity contribution >= 4 is 17.2 Å². The maximum atomic E-state index is 11.4. The maximum absolute atomic E-state index is 11.4. The van der Waals surface area contributed by atoms with E-state index in [-0.39, 0.29) is 5.56 Å². The zero-order valence-corrected chi connectivity index (χ0v) is 9.59. The quantitative estimate of drug-likeness (QED) is 0.600. The van der Waals surface area contributed by atoms with Gasteiger partial charge >= 0.3 is 0 Å². The Labute approximate surface area is 94.1 Å². The number of nitrogens with zero attached hydrogens (tertiary/aromatic N) is 2. The number of aryl methyl sites for hydroxylation is 2. The summed E-state index contributed by atoms with van der Waals surface area (Å²) in [6.45, 7) is 2.48. The summed E-state index contributed by atoms with van der Waals surface area (Å²) in [5.41, 5.74) is 6.12. The molecule has 1 aromatic rings. The van der Waals surface area contributed by atoms with E-state index in [9.17, 15) is 4.79 Å². The van der Waals surface area contributed by atoms with Gasteiger partial charge in [0, 0.05) is 18.3 Å². The first-order valence-corrected chi connectivity index (χ1v) is 5.32. The van der Waals surface area contributed by atoms with Crippen molar-refractivity contribution in [3.63, 3.8) is 0 Å². The van der Waals surface area contributed by atoms with Crippen molar-refractivity contribution in [2.75, 3.05) is 0 Å². The fourth-order valence-electron chi connectivity index (χ4n) is 1.27. The molecule has 1 rings (SSSR count). The van der Waals surface area contributed by atoms with Gasteiger partial charge in [-0.2, -0.15) is 0 Å². The zero-order chi connectivity index (χ0) is 11.3. The standard InChI is InChI=1S/C10H15N3OS/c1-8-6-10(14)13(7-12-8)5-3-2-4-9(11)15/h6-7H,2-5H2,1H3,(H2,11,15). The first-order chi connectivity index (χ1) is 7.09. The van der Waals surface area contributed by atoms with Crippen LogP contribution in [0.1, 0.15) is 25.0 Å². The molecule has 1 heterocycles. The normalized spacial score (nSPS) is 10.2. The average molecular weight is 225 g/mol. The highest BCUT2D eigenvalue weighted by molar-refractivity contribution is 7.80. The SMILES string of the molecule is Cc1cc(=O)n(CCCCC(N)=S)cn1. The van der Waals surface area contributed by atoms with Gasteiger partial charge in [-0.25, -0.2) is 4.98 Å². The van der Waals surface area contributed by atoms with Crippen LogP contribution in [0.4, 0.5) is 0 Å². The van der Waals surface area contributed by atoms with Crippen molar-refractivity contribution < 1.29 is 0 Å². The van der Waals surface area contributed by atoms with Gasteiger partial charge in [0.1, 0.15) is 0 Å². The Hall–Kier alpha value is -1.23. The van der Waals surface area contributed by atoms with Crippen LogP contribution in [0.15, 0.2) is 17.2 Å². The van der Waals surface area contributed by atoms with E-state index < -0.39 is 0 Å². The number of hydrogen-bond donors (Lipinski definition) is 1. The van der Waals surface area contributed by atoms with Gasteiger partial charge in [0.2, 0.25) is 0 Å². The molecule has 15 heavy (non-hydrogen) atoms. The predicted molar refractivity (Wildman–Crippen MR) is 63.9 cm³/mol. The lowest BCUT2D eigenvalue weighted by atomic mass is 10.2. The highest BCUT2D eigenvalue weighted by atomic mass is 32.1. The summed E-state index contributed by atoms with van der Waals surface area (Å²) in [5, 5.41) is 0. The summed E-state index contributed by atoms with van der Waals surface area (Å²) < 4.78 is 1.60. The second-order valence-corrected chi connectivity index (χ2v) is 4.01. The molecule has 1 aromatic heterocycles. The van der Waals surface area contributed by atoms with Crippen LogP contribution in [0.2, 0.25) is 0 Å². The third kappa shape index (κ3) is 4.20. The molecule has 0 unspecified atom stereocenters. The second kappa shape index (κ2) is 5.60. The largest absolute Gasteiger partial charge is 0.393 e.